The van der Waals surface area contributed by atoms with Crippen molar-refractivity contribution in [3.63, 3.8) is 0 Å². The summed E-state index contributed by atoms with van der Waals surface area (Å²) in [6.45, 7) is 8.99. The zero-order chi connectivity index (χ0) is 14.8. The topological polar surface area (TPSA) is 30.0 Å². The van der Waals surface area contributed by atoms with E-state index in [-0.39, 0.29) is 11.8 Å². The molecule has 1 aromatic rings. The molecule has 1 unspecified atom stereocenters. The van der Waals surface area contributed by atoms with E-state index in [2.05, 4.69) is 25.8 Å². The average Bonchev–Trinajstić information content (AvgIpc) is 2.46. The predicted molar refractivity (Wildman–Crippen MR) is 82.6 cm³/mol. The lowest BCUT2D eigenvalue weighted by Gasteiger charge is -2.37. The summed E-state index contributed by atoms with van der Waals surface area (Å²) in [6, 6.07) is 3.92. The molecule has 0 radical (unpaired) electrons. The maximum Gasteiger partial charge on any atom is 0.143 e. The Morgan fingerprint density at radius 2 is 1.70 bits per heavy atom. The third-order valence-corrected chi connectivity index (χ3v) is 4.99. The van der Waals surface area contributed by atoms with Crippen LogP contribution >= 0.6 is 0 Å². The maximum atomic E-state index is 12.6. The lowest BCUT2D eigenvalue weighted by molar-refractivity contribution is -0.125. The fourth-order valence-corrected chi connectivity index (χ4v) is 3.41. The fraction of sp³-hybridized carbons (Fsp3) is 0.667. The molecule has 1 fully saturated rings. The first-order valence-electron chi connectivity index (χ1n) is 7.83. The Morgan fingerprint density at radius 1 is 1.15 bits per heavy atom. The Labute approximate surface area is 123 Å². The second kappa shape index (κ2) is 6.07. The lowest BCUT2D eigenvalue weighted by Crippen LogP contribution is -2.30. The molecule has 20 heavy (non-hydrogen) atoms. The third-order valence-electron chi connectivity index (χ3n) is 4.99. The minimum atomic E-state index is 0.00851. The van der Waals surface area contributed by atoms with Gasteiger partial charge in [0.05, 0.1) is 0 Å². The van der Waals surface area contributed by atoms with Crippen LogP contribution in [0.3, 0.4) is 0 Å². The van der Waals surface area contributed by atoms with E-state index in [0.29, 0.717) is 11.2 Å². The highest BCUT2D eigenvalue weighted by molar-refractivity contribution is 5.87. The zero-order valence-corrected chi connectivity index (χ0v) is 13.2. The van der Waals surface area contributed by atoms with Gasteiger partial charge in [-0.3, -0.25) is 9.78 Å². The number of hydrogen-bond donors (Lipinski definition) is 0. The second-order valence-electron chi connectivity index (χ2n) is 7.32. The summed E-state index contributed by atoms with van der Waals surface area (Å²) in [5, 5.41) is 0. The van der Waals surface area contributed by atoms with Crippen LogP contribution in [0.1, 0.15) is 64.9 Å². The van der Waals surface area contributed by atoms with Gasteiger partial charge in [0.1, 0.15) is 5.78 Å². The molecule has 0 aliphatic heterocycles. The molecule has 1 aliphatic rings. The van der Waals surface area contributed by atoms with Gasteiger partial charge in [0.25, 0.3) is 0 Å². The Hall–Kier alpha value is -1.18. The van der Waals surface area contributed by atoms with Crippen LogP contribution in [-0.4, -0.2) is 10.8 Å². The molecule has 0 spiro atoms. The minimum Gasteiger partial charge on any atom is -0.299 e. The van der Waals surface area contributed by atoms with Crippen molar-refractivity contribution in [3.8, 4) is 0 Å². The first-order chi connectivity index (χ1) is 9.39. The van der Waals surface area contributed by atoms with Crippen molar-refractivity contribution in [2.24, 2.45) is 17.3 Å². The van der Waals surface area contributed by atoms with Crippen molar-refractivity contribution in [1.82, 2.24) is 4.98 Å². The molecular formula is C18H27NO. The van der Waals surface area contributed by atoms with E-state index < -0.39 is 0 Å². The zero-order valence-electron chi connectivity index (χ0n) is 13.2. The summed E-state index contributed by atoms with van der Waals surface area (Å²) in [4.78, 5) is 16.7. The number of carbonyl (C=O) groups is 1. The van der Waals surface area contributed by atoms with E-state index in [1.807, 2.05) is 19.1 Å². The summed E-state index contributed by atoms with van der Waals surface area (Å²) in [6.07, 6.45) is 8.07. The third kappa shape index (κ3) is 3.47. The highest BCUT2D eigenvalue weighted by Gasteiger charge is 2.33. The Morgan fingerprint density at radius 3 is 2.20 bits per heavy atom. The quantitative estimate of drug-likeness (QED) is 0.805. The molecule has 0 bridgehead atoms. The van der Waals surface area contributed by atoms with Gasteiger partial charge in [0, 0.05) is 24.2 Å². The maximum absolute atomic E-state index is 12.6. The van der Waals surface area contributed by atoms with Gasteiger partial charge in [-0.05, 0) is 54.7 Å². The van der Waals surface area contributed by atoms with Crippen molar-refractivity contribution in [2.45, 2.75) is 59.3 Å². The van der Waals surface area contributed by atoms with Crippen LogP contribution < -0.4 is 0 Å². The van der Waals surface area contributed by atoms with Crippen LogP contribution in [0.2, 0.25) is 0 Å². The van der Waals surface area contributed by atoms with Gasteiger partial charge >= 0.3 is 0 Å². The van der Waals surface area contributed by atoms with Crippen molar-refractivity contribution in [2.75, 3.05) is 0 Å². The Bertz CT molecular complexity index is 438. The molecule has 2 heteroatoms. The molecule has 2 nitrogen and oxygen atoms in total. The van der Waals surface area contributed by atoms with E-state index in [1.165, 1.54) is 12.8 Å². The number of hydrogen-bond acceptors (Lipinski definition) is 2. The molecule has 110 valence electrons. The molecule has 1 atom stereocenters. The molecule has 0 aromatic carbocycles. The van der Waals surface area contributed by atoms with Crippen molar-refractivity contribution < 1.29 is 4.79 Å². The second-order valence-corrected chi connectivity index (χ2v) is 7.32. The van der Waals surface area contributed by atoms with E-state index >= 15 is 0 Å². The van der Waals surface area contributed by atoms with E-state index in [0.717, 1.165) is 24.3 Å². The summed E-state index contributed by atoms with van der Waals surface area (Å²) in [7, 11) is 0. The van der Waals surface area contributed by atoms with Crippen LogP contribution in [0.25, 0.3) is 0 Å². The van der Waals surface area contributed by atoms with E-state index in [1.54, 1.807) is 12.4 Å². The fourth-order valence-electron chi connectivity index (χ4n) is 3.41. The molecule has 1 saturated carbocycles. The largest absolute Gasteiger partial charge is 0.299 e. The summed E-state index contributed by atoms with van der Waals surface area (Å²) in [5.41, 5.74) is 1.48. The molecule has 0 N–H and O–H groups in total. The monoisotopic (exact) mass is 273 g/mol. The van der Waals surface area contributed by atoms with Gasteiger partial charge in [-0.2, -0.15) is 0 Å². The van der Waals surface area contributed by atoms with E-state index in [4.69, 9.17) is 0 Å². The van der Waals surface area contributed by atoms with Crippen molar-refractivity contribution in [1.29, 1.82) is 0 Å². The number of pyridine rings is 1. The smallest absolute Gasteiger partial charge is 0.143 e. The average molecular weight is 273 g/mol. The molecule has 1 aromatic heterocycles. The SMILES string of the molecule is CC(C(=O)C1CCC(C(C)(C)C)CC1)c1ccncc1. The van der Waals surface area contributed by atoms with Gasteiger partial charge in [-0.15, -0.1) is 0 Å². The Balaban J connectivity index is 1.95. The van der Waals surface area contributed by atoms with Crippen molar-refractivity contribution >= 4 is 5.78 Å². The summed E-state index contributed by atoms with van der Waals surface area (Å²) < 4.78 is 0. The molecule has 1 aliphatic carbocycles. The standard InChI is InChI=1S/C18H27NO/c1-13(14-9-11-19-12-10-14)17(20)15-5-7-16(8-6-15)18(2,3)4/h9-13,15-16H,5-8H2,1-4H3. The molecule has 0 amide bonds. The number of aromatic nitrogens is 1. The summed E-state index contributed by atoms with van der Waals surface area (Å²) >= 11 is 0. The number of carbonyl (C=O) groups excluding carboxylic acids is 1. The van der Waals surface area contributed by atoms with E-state index in [9.17, 15) is 4.79 Å². The van der Waals surface area contributed by atoms with Crippen LogP contribution in [0.5, 0.6) is 0 Å². The van der Waals surface area contributed by atoms with Gasteiger partial charge in [-0.25, -0.2) is 0 Å². The molecule has 0 saturated heterocycles. The van der Waals surface area contributed by atoms with Gasteiger partial charge < -0.3 is 0 Å². The highest BCUT2D eigenvalue weighted by Crippen LogP contribution is 2.41. The van der Waals surface area contributed by atoms with Gasteiger partial charge in [-0.1, -0.05) is 27.7 Å². The predicted octanol–water partition coefficient (Wildman–Crippen LogP) is 4.61. The van der Waals surface area contributed by atoms with Crippen LogP contribution in [0.15, 0.2) is 24.5 Å². The van der Waals surface area contributed by atoms with Gasteiger partial charge in [0.2, 0.25) is 0 Å². The van der Waals surface area contributed by atoms with Crippen LogP contribution in [-0.2, 0) is 4.79 Å². The number of ketones is 1. The van der Waals surface area contributed by atoms with Crippen LogP contribution in [0, 0.1) is 17.3 Å². The highest BCUT2D eigenvalue weighted by atomic mass is 16.1. The van der Waals surface area contributed by atoms with Crippen LogP contribution in [0.4, 0.5) is 0 Å². The first-order valence-corrected chi connectivity index (χ1v) is 7.83. The van der Waals surface area contributed by atoms with Gasteiger partial charge in [0.15, 0.2) is 0 Å². The normalized spacial score (nSPS) is 25.2. The summed E-state index contributed by atoms with van der Waals surface area (Å²) in [5.74, 6) is 1.46. The number of Topliss-reactive ketones (excluding diaryl/α,β-unsaturated/α-hetero) is 1. The number of nitrogens with zero attached hydrogens (tertiary/aromatic N) is 1. The lowest BCUT2D eigenvalue weighted by atomic mass is 9.68. The Kier molecular flexibility index (Phi) is 4.62. The molecular weight excluding hydrogens is 246 g/mol. The molecule has 2 rings (SSSR count). The van der Waals surface area contributed by atoms with Crippen molar-refractivity contribution in [3.05, 3.63) is 30.1 Å². The number of rotatable bonds is 3. The molecule has 1 heterocycles. The first kappa shape index (κ1) is 15.2. The minimum absolute atomic E-state index is 0.00851.